The maximum atomic E-state index is 4.36. The van der Waals surface area contributed by atoms with E-state index in [2.05, 4.69) is 44.2 Å². The van der Waals surface area contributed by atoms with Crippen molar-refractivity contribution in [2.75, 3.05) is 26.2 Å². The molecule has 22 heavy (non-hydrogen) atoms. The van der Waals surface area contributed by atoms with Crippen molar-refractivity contribution in [2.24, 2.45) is 0 Å². The molecule has 1 aliphatic rings. The van der Waals surface area contributed by atoms with E-state index < -0.39 is 0 Å². The Morgan fingerprint density at radius 2 is 2.09 bits per heavy atom. The molecule has 0 spiro atoms. The molecule has 0 saturated carbocycles. The van der Waals surface area contributed by atoms with Crippen LogP contribution in [0.2, 0.25) is 0 Å². The minimum Gasteiger partial charge on any atom is -0.328 e. The van der Waals surface area contributed by atoms with Crippen LogP contribution in [0.1, 0.15) is 31.1 Å². The number of hydrogen-bond acceptors (Lipinski definition) is 4. The molecule has 0 aliphatic carbocycles. The van der Waals surface area contributed by atoms with E-state index in [1.165, 1.54) is 11.3 Å². The van der Waals surface area contributed by atoms with Gasteiger partial charge in [0.2, 0.25) is 0 Å². The predicted molar refractivity (Wildman–Crippen MR) is 87.4 cm³/mol. The summed E-state index contributed by atoms with van der Waals surface area (Å²) in [6.45, 7) is 10.7. The van der Waals surface area contributed by atoms with E-state index in [9.17, 15) is 0 Å². The molecule has 3 heterocycles. The normalized spacial score (nSPS) is 18.6. The second-order valence-corrected chi connectivity index (χ2v) is 5.96. The second-order valence-electron chi connectivity index (χ2n) is 5.96. The van der Waals surface area contributed by atoms with Crippen molar-refractivity contribution in [1.29, 1.82) is 0 Å². The van der Waals surface area contributed by atoms with Crippen molar-refractivity contribution in [3.05, 3.63) is 48.3 Å². The Kier molecular flexibility index (Phi) is 4.85. The van der Waals surface area contributed by atoms with Crippen LogP contribution >= 0.6 is 0 Å². The molecule has 0 unspecified atom stereocenters. The van der Waals surface area contributed by atoms with Gasteiger partial charge in [0.1, 0.15) is 0 Å². The van der Waals surface area contributed by atoms with Crippen LogP contribution in [0.15, 0.2) is 37.1 Å². The summed E-state index contributed by atoms with van der Waals surface area (Å²) in [5.41, 5.74) is 2.59. The molecule has 0 bridgehead atoms. The molecular formula is C17H25N5. The van der Waals surface area contributed by atoms with Gasteiger partial charge in [-0.3, -0.25) is 9.88 Å². The third kappa shape index (κ3) is 3.36. The van der Waals surface area contributed by atoms with Crippen LogP contribution in [-0.4, -0.2) is 50.5 Å². The molecule has 0 fully saturated rings. The SMILES string of the molecule is CCN(CC)C[C@@H]1CN(Cc2cccnc2)Cc2cncn21. The van der Waals surface area contributed by atoms with E-state index in [0.717, 1.165) is 39.3 Å². The first-order chi connectivity index (χ1) is 10.8. The lowest BCUT2D eigenvalue weighted by atomic mass is 10.1. The molecule has 5 heteroatoms. The van der Waals surface area contributed by atoms with Crippen LogP contribution < -0.4 is 0 Å². The van der Waals surface area contributed by atoms with Crippen molar-refractivity contribution in [1.82, 2.24) is 24.3 Å². The van der Waals surface area contributed by atoms with Crippen LogP contribution in [0.3, 0.4) is 0 Å². The number of likely N-dealkylation sites (N-methyl/N-ethyl adjacent to an activating group) is 1. The van der Waals surface area contributed by atoms with E-state index in [1.807, 2.05) is 31.0 Å². The van der Waals surface area contributed by atoms with Crippen LogP contribution in [0.25, 0.3) is 0 Å². The Balaban J connectivity index is 1.73. The number of fused-ring (bicyclic) bond motifs is 1. The summed E-state index contributed by atoms with van der Waals surface area (Å²) in [7, 11) is 0. The largest absolute Gasteiger partial charge is 0.328 e. The van der Waals surface area contributed by atoms with E-state index in [0.29, 0.717) is 6.04 Å². The fourth-order valence-corrected chi connectivity index (χ4v) is 3.26. The first kappa shape index (κ1) is 15.2. The molecule has 2 aromatic rings. The minimum atomic E-state index is 0.475. The zero-order valence-corrected chi connectivity index (χ0v) is 13.5. The van der Waals surface area contributed by atoms with Crippen molar-refractivity contribution in [3.8, 4) is 0 Å². The molecule has 0 amide bonds. The topological polar surface area (TPSA) is 37.2 Å². The molecule has 0 aromatic carbocycles. The van der Waals surface area contributed by atoms with Crippen LogP contribution in [0.4, 0.5) is 0 Å². The van der Waals surface area contributed by atoms with Gasteiger partial charge in [-0.2, -0.15) is 0 Å². The summed E-state index contributed by atoms with van der Waals surface area (Å²) in [6, 6.07) is 4.64. The van der Waals surface area contributed by atoms with Gasteiger partial charge in [-0.25, -0.2) is 4.98 Å². The number of hydrogen-bond donors (Lipinski definition) is 0. The molecule has 118 valence electrons. The fourth-order valence-electron chi connectivity index (χ4n) is 3.26. The Labute approximate surface area is 132 Å². The van der Waals surface area contributed by atoms with Crippen LogP contribution in [0, 0.1) is 0 Å². The summed E-state index contributed by atoms with van der Waals surface area (Å²) in [5, 5.41) is 0. The average molecular weight is 299 g/mol. The van der Waals surface area contributed by atoms with E-state index >= 15 is 0 Å². The van der Waals surface area contributed by atoms with Gasteiger partial charge in [0, 0.05) is 44.8 Å². The van der Waals surface area contributed by atoms with Gasteiger partial charge < -0.3 is 9.47 Å². The highest BCUT2D eigenvalue weighted by atomic mass is 15.3. The first-order valence-electron chi connectivity index (χ1n) is 8.14. The van der Waals surface area contributed by atoms with Gasteiger partial charge in [0.05, 0.1) is 18.1 Å². The molecule has 1 aliphatic heterocycles. The lowest BCUT2D eigenvalue weighted by molar-refractivity contribution is 0.143. The van der Waals surface area contributed by atoms with E-state index in [4.69, 9.17) is 0 Å². The quantitative estimate of drug-likeness (QED) is 0.819. The Bertz CT molecular complexity index is 576. The second kappa shape index (κ2) is 7.03. The molecule has 0 saturated heterocycles. The third-order valence-corrected chi connectivity index (χ3v) is 4.49. The first-order valence-corrected chi connectivity index (χ1v) is 8.14. The van der Waals surface area contributed by atoms with Gasteiger partial charge in [-0.1, -0.05) is 19.9 Å². The third-order valence-electron chi connectivity index (χ3n) is 4.49. The van der Waals surface area contributed by atoms with Crippen molar-refractivity contribution < 1.29 is 0 Å². The number of rotatable bonds is 6. The lowest BCUT2D eigenvalue weighted by Crippen LogP contribution is -2.42. The predicted octanol–water partition coefficient (Wildman–Crippen LogP) is 2.18. The molecule has 0 N–H and O–H groups in total. The average Bonchev–Trinajstić information content (AvgIpc) is 3.02. The Hall–Kier alpha value is -1.72. The number of pyridine rings is 1. The van der Waals surface area contributed by atoms with E-state index in [-0.39, 0.29) is 0 Å². The monoisotopic (exact) mass is 299 g/mol. The summed E-state index contributed by atoms with van der Waals surface area (Å²) < 4.78 is 2.36. The van der Waals surface area contributed by atoms with Crippen molar-refractivity contribution >= 4 is 0 Å². The number of imidazole rings is 1. The maximum absolute atomic E-state index is 4.36. The smallest absolute Gasteiger partial charge is 0.0952 e. The summed E-state index contributed by atoms with van der Waals surface area (Å²) in [4.78, 5) is 13.6. The highest BCUT2D eigenvalue weighted by molar-refractivity contribution is 5.10. The van der Waals surface area contributed by atoms with Crippen molar-refractivity contribution in [2.45, 2.75) is 33.0 Å². The molecule has 2 aromatic heterocycles. The van der Waals surface area contributed by atoms with Gasteiger partial charge >= 0.3 is 0 Å². The summed E-state index contributed by atoms with van der Waals surface area (Å²) in [5.74, 6) is 0. The maximum Gasteiger partial charge on any atom is 0.0952 e. The molecule has 5 nitrogen and oxygen atoms in total. The fraction of sp³-hybridized carbons (Fsp3) is 0.529. The molecule has 0 radical (unpaired) electrons. The Morgan fingerprint density at radius 1 is 1.23 bits per heavy atom. The summed E-state index contributed by atoms with van der Waals surface area (Å²) in [6.07, 6.45) is 7.79. The lowest BCUT2D eigenvalue weighted by Gasteiger charge is -2.36. The van der Waals surface area contributed by atoms with Gasteiger partial charge in [-0.15, -0.1) is 0 Å². The highest BCUT2D eigenvalue weighted by Gasteiger charge is 2.26. The summed E-state index contributed by atoms with van der Waals surface area (Å²) >= 11 is 0. The highest BCUT2D eigenvalue weighted by Crippen LogP contribution is 2.23. The van der Waals surface area contributed by atoms with Gasteiger partial charge in [0.15, 0.2) is 0 Å². The molecule has 1 atom stereocenters. The zero-order chi connectivity index (χ0) is 15.4. The molecular weight excluding hydrogens is 274 g/mol. The number of nitrogens with zero attached hydrogens (tertiary/aromatic N) is 5. The van der Waals surface area contributed by atoms with Crippen LogP contribution in [0.5, 0.6) is 0 Å². The molecule has 3 rings (SSSR count). The van der Waals surface area contributed by atoms with Gasteiger partial charge in [0.25, 0.3) is 0 Å². The zero-order valence-electron chi connectivity index (χ0n) is 13.5. The van der Waals surface area contributed by atoms with E-state index in [1.54, 1.807) is 0 Å². The van der Waals surface area contributed by atoms with Crippen LogP contribution in [-0.2, 0) is 13.1 Å². The Morgan fingerprint density at radius 3 is 2.82 bits per heavy atom. The van der Waals surface area contributed by atoms with Crippen molar-refractivity contribution in [3.63, 3.8) is 0 Å². The minimum absolute atomic E-state index is 0.475. The van der Waals surface area contributed by atoms with Gasteiger partial charge in [-0.05, 0) is 24.7 Å². The number of aromatic nitrogens is 3. The standard InChI is InChI=1S/C17H25N5/c1-3-20(4-2)12-17-13-21(10-15-6-5-7-18-8-15)11-16-9-19-14-22(16)17/h5-9,14,17H,3-4,10-13H2,1-2H3/t17-/m1/s1.